The normalized spacial score (nSPS) is 10.9. The fraction of sp³-hybridized carbons (Fsp3) is 0.190. The number of benzene rings is 2. The molecule has 11 heteroatoms. The van der Waals surface area contributed by atoms with Crippen molar-refractivity contribution in [3.8, 4) is 0 Å². The number of amides is 2. The molecule has 0 aliphatic carbocycles. The summed E-state index contributed by atoms with van der Waals surface area (Å²) in [4.78, 5) is 35.7. The highest BCUT2D eigenvalue weighted by Gasteiger charge is 2.15. The van der Waals surface area contributed by atoms with Crippen LogP contribution in [0.1, 0.15) is 12.7 Å². The van der Waals surface area contributed by atoms with Crippen molar-refractivity contribution < 1.29 is 9.59 Å². The number of nitrogens with one attached hydrogen (secondary N) is 2. The Morgan fingerprint density at radius 3 is 2.44 bits per heavy atom. The van der Waals surface area contributed by atoms with Crippen LogP contribution < -0.4 is 15.5 Å². The number of aromatic nitrogens is 4. The first-order valence-corrected chi connectivity index (χ1v) is 11.5. The summed E-state index contributed by atoms with van der Waals surface area (Å²) in [6.07, 6.45) is 0. The summed E-state index contributed by atoms with van der Waals surface area (Å²) in [5, 5.41) is 14.4. The Morgan fingerprint density at radius 2 is 1.72 bits per heavy atom. The Labute approximate surface area is 191 Å². The van der Waals surface area contributed by atoms with Crippen LogP contribution in [0.4, 0.5) is 11.4 Å². The molecular formula is C21H20N6O3S2. The van der Waals surface area contributed by atoms with Crippen molar-refractivity contribution in [2.24, 2.45) is 7.05 Å². The molecule has 4 rings (SSSR count). The predicted molar refractivity (Wildman–Crippen MR) is 126 cm³/mol. The van der Waals surface area contributed by atoms with Crippen LogP contribution in [-0.4, -0.2) is 36.9 Å². The summed E-state index contributed by atoms with van der Waals surface area (Å²) in [5.41, 5.74) is 2.16. The van der Waals surface area contributed by atoms with E-state index in [1.54, 1.807) is 33.4 Å². The van der Waals surface area contributed by atoms with Gasteiger partial charge >= 0.3 is 4.87 Å². The Hall–Kier alpha value is -3.44. The van der Waals surface area contributed by atoms with Gasteiger partial charge in [-0.2, -0.15) is 0 Å². The fourth-order valence-electron chi connectivity index (χ4n) is 3.08. The van der Waals surface area contributed by atoms with Gasteiger partial charge in [-0.15, -0.1) is 10.2 Å². The van der Waals surface area contributed by atoms with Gasteiger partial charge in [0, 0.05) is 25.3 Å². The summed E-state index contributed by atoms with van der Waals surface area (Å²) < 4.78 is 4.39. The number of anilines is 2. The second-order valence-corrected chi connectivity index (χ2v) is 8.91. The van der Waals surface area contributed by atoms with Gasteiger partial charge in [-0.1, -0.05) is 35.2 Å². The second-order valence-electron chi connectivity index (χ2n) is 6.98. The first kappa shape index (κ1) is 21.8. The van der Waals surface area contributed by atoms with Gasteiger partial charge in [0.05, 0.1) is 22.5 Å². The van der Waals surface area contributed by atoms with Gasteiger partial charge in [-0.05, 0) is 36.4 Å². The van der Waals surface area contributed by atoms with E-state index in [9.17, 15) is 14.4 Å². The third-order valence-electron chi connectivity index (χ3n) is 4.62. The molecule has 0 aliphatic rings. The molecule has 0 fully saturated rings. The van der Waals surface area contributed by atoms with E-state index in [1.165, 1.54) is 30.0 Å². The number of thiazole rings is 1. The van der Waals surface area contributed by atoms with Crippen molar-refractivity contribution in [1.29, 1.82) is 0 Å². The first-order chi connectivity index (χ1) is 15.4. The lowest BCUT2D eigenvalue weighted by atomic mass is 10.3. The smallest absolute Gasteiger partial charge is 0.308 e. The molecule has 2 amide bonds. The predicted octanol–water partition coefficient (Wildman–Crippen LogP) is 2.93. The summed E-state index contributed by atoms with van der Waals surface area (Å²) in [7, 11) is 1.82. The van der Waals surface area contributed by atoms with Gasteiger partial charge < -0.3 is 15.2 Å². The molecule has 0 saturated carbocycles. The van der Waals surface area contributed by atoms with Crippen LogP contribution in [0, 0.1) is 0 Å². The largest absolute Gasteiger partial charge is 0.326 e. The molecule has 2 aromatic heterocycles. The first-order valence-electron chi connectivity index (χ1n) is 9.67. The minimum atomic E-state index is -0.188. The van der Waals surface area contributed by atoms with Gasteiger partial charge in [-0.25, -0.2) is 0 Å². The number of carbonyl (C=O) groups excluding carboxylic acids is 2. The quantitative estimate of drug-likeness (QED) is 0.404. The summed E-state index contributed by atoms with van der Waals surface area (Å²) in [6.45, 7) is 1.74. The molecule has 2 aromatic carbocycles. The highest BCUT2D eigenvalue weighted by Crippen LogP contribution is 2.20. The number of fused-ring (bicyclic) bond motifs is 1. The average Bonchev–Trinajstić information content (AvgIpc) is 3.27. The van der Waals surface area contributed by atoms with Gasteiger partial charge in [0.2, 0.25) is 11.8 Å². The van der Waals surface area contributed by atoms with Gasteiger partial charge in [-0.3, -0.25) is 19.0 Å². The number of carbonyl (C=O) groups is 2. The van der Waals surface area contributed by atoms with Gasteiger partial charge in [0.25, 0.3) is 0 Å². The van der Waals surface area contributed by atoms with Crippen molar-refractivity contribution in [3.63, 3.8) is 0 Å². The molecule has 0 saturated heterocycles. The van der Waals surface area contributed by atoms with E-state index in [-0.39, 0.29) is 22.4 Å². The van der Waals surface area contributed by atoms with E-state index in [1.807, 2.05) is 31.3 Å². The zero-order valence-corrected chi connectivity index (χ0v) is 19.0. The summed E-state index contributed by atoms with van der Waals surface area (Å²) in [5.74, 6) is 0.443. The van der Waals surface area contributed by atoms with E-state index in [0.29, 0.717) is 28.9 Å². The molecule has 9 nitrogen and oxygen atoms in total. The van der Waals surface area contributed by atoms with Crippen molar-refractivity contribution in [2.75, 3.05) is 16.4 Å². The third kappa shape index (κ3) is 4.89. The SMILES string of the molecule is CC(=O)Nc1ccc(NC(=O)CSc2nnc(Cn3c(=O)sc4ccccc43)n2C)cc1. The maximum atomic E-state index is 12.4. The summed E-state index contributed by atoms with van der Waals surface area (Å²) in [6, 6.07) is 14.5. The topological polar surface area (TPSA) is 111 Å². The fourth-order valence-corrected chi connectivity index (χ4v) is 4.70. The van der Waals surface area contributed by atoms with Crippen molar-refractivity contribution in [1.82, 2.24) is 19.3 Å². The number of thioether (sulfide) groups is 1. The van der Waals surface area contributed by atoms with E-state index in [0.717, 1.165) is 10.2 Å². The lowest BCUT2D eigenvalue weighted by Crippen LogP contribution is -2.16. The number of hydrogen-bond donors (Lipinski definition) is 2. The minimum Gasteiger partial charge on any atom is -0.326 e. The Bertz CT molecular complexity index is 1340. The van der Waals surface area contributed by atoms with Crippen LogP contribution in [0.5, 0.6) is 0 Å². The number of rotatable bonds is 7. The Balaban J connectivity index is 1.37. The molecule has 32 heavy (non-hydrogen) atoms. The zero-order chi connectivity index (χ0) is 22.7. The molecule has 0 bridgehead atoms. The van der Waals surface area contributed by atoms with Crippen LogP contribution in [0.3, 0.4) is 0 Å². The van der Waals surface area contributed by atoms with Crippen molar-refractivity contribution >= 4 is 56.5 Å². The van der Waals surface area contributed by atoms with Gasteiger partial charge in [0.15, 0.2) is 11.0 Å². The standard InChI is InChI=1S/C21H20N6O3S2/c1-13(28)22-14-7-9-15(10-8-14)23-19(29)12-31-20-25-24-18(26(20)2)11-27-16-5-3-4-6-17(16)32-21(27)30/h3-10H,11-12H2,1-2H3,(H,22,28)(H,23,29). The van der Waals surface area contributed by atoms with Crippen LogP contribution in [0.2, 0.25) is 0 Å². The highest BCUT2D eigenvalue weighted by atomic mass is 32.2. The van der Waals surface area contributed by atoms with Crippen LogP contribution in [0.25, 0.3) is 10.2 Å². The van der Waals surface area contributed by atoms with Crippen LogP contribution in [0.15, 0.2) is 58.5 Å². The number of para-hydroxylation sites is 1. The number of hydrogen-bond acceptors (Lipinski definition) is 7. The molecule has 0 spiro atoms. The summed E-state index contributed by atoms with van der Waals surface area (Å²) >= 11 is 2.46. The average molecular weight is 469 g/mol. The molecule has 2 heterocycles. The van der Waals surface area contributed by atoms with E-state index < -0.39 is 0 Å². The second kappa shape index (κ2) is 9.37. The Kier molecular flexibility index (Phi) is 6.37. The monoisotopic (exact) mass is 468 g/mol. The van der Waals surface area contributed by atoms with Crippen LogP contribution >= 0.6 is 23.1 Å². The lowest BCUT2D eigenvalue weighted by Gasteiger charge is -2.07. The molecule has 0 atom stereocenters. The van der Waals surface area contributed by atoms with Crippen molar-refractivity contribution in [3.05, 3.63) is 64.0 Å². The highest BCUT2D eigenvalue weighted by molar-refractivity contribution is 7.99. The molecular weight excluding hydrogens is 448 g/mol. The van der Waals surface area contributed by atoms with Crippen molar-refractivity contribution in [2.45, 2.75) is 18.6 Å². The van der Waals surface area contributed by atoms with E-state index in [4.69, 9.17) is 0 Å². The molecule has 164 valence electrons. The zero-order valence-electron chi connectivity index (χ0n) is 17.4. The molecule has 2 N–H and O–H groups in total. The molecule has 4 aromatic rings. The molecule has 0 aliphatic heterocycles. The third-order valence-corrected chi connectivity index (χ3v) is 6.60. The number of nitrogens with zero attached hydrogens (tertiary/aromatic N) is 4. The lowest BCUT2D eigenvalue weighted by molar-refractivity contribution is -0.114. The Morgan fingerprint density at radius 1 is 1.03 bits per heavy atom. The van der Waals surface area contributed by atoms with E-state index in [2.05, 4.69) is 20.8 Å². The van der Waals surface area contributed by atoms with Crippen LogP contribution in [-0.2, 0) is 23.2 Å². The van der Waals surface area contributed by atoms with E-state index >= 15 is 0 Å². The maximum absolute atomic E-state index is 12.4. The maximum Gasteiger partial charge on any atom is 0.308 e. The van der Waals surface area contributed by atoms with Gasteiger partial charge in [0.1, 0.15) is 0 Å². The molecule has 0 unspecified atom stereocenters. The minimum absolute atomic E-state index is 0.0488. The molecule has 0 radical (unpaired) electrons.